The van der Waals surface area contributed by atoms with Crippen molar-refractivity contribution < 1.29 is 9.59 Å². The van der Waals surface area contributed by atoms with Crippen molar-refractivity contribution in [2.45, 2.75) is 33.6 Å². The number of carbonyl (C=O) groups excluding carboxylic acids is 2. The molecule has 0 radical (unpaired) electrons. The fraction of sp³-hybridized carbons (Fsp3) is 0.364. The molecular formula is C22H26N2O2. The van der Waals surface area contributed by atoms with E-state index in [2.05, 4.69) is 11.4 Å². The van der Waals surface area contributed by atoms with Gasteiger partial charge >= 0.3 is 0 Å². The molecule has 0 saturated carbocycles. The Bertz CT molecular complexity index is 821. The van der Waals surface area contributed by atoms with Gasteiger partial charge in [0.2, 0.25) is 5.91 Å². The van der Waals surface area contributed by atoms with Gasteiger partial charge in [-0.15, -0.1) is 0 Å². The highest BCUT2D eigenvalue weighted by atomic mass is 16.2. The summed E-state index contributed by atoms with van der Waals surface area (Å²) in [4.78, 5) is 27.1. The van der Waals surface area contributed by atoms with E-state index in [0.29, 0.717) is 25.9 Å². The standard InChI is InChI=1S/C22H26N2O2/c1-15-5-4-6-19(14-15)22(26)24-11-9-18(10-12-24)21(25)23-20-8-7-16(2)13-17(20)3/h4-8,13-14,18H,9-12H2,1-3H3,(H,23,25). The Kier molecular flexibility index (Phi) is 5.40. The largest absolute Gasteiger partial charge is 0.339 e. The Morgan fingerprint density at radius 3 is 2.31 bits per heavy atom. The van der Waals surface area contributed by atoms with Crippen LogP contribution in [0.2, 0.25) is 0 Å². The number of amides is 2. The van der Waals surface area contributed by atoms with Gasteiger partial charge in [0.1, 0.15) is 0 Å². The first kappa shape index (κ1) is 18.2. The molecular weight excluding hydrogens is 324 g/mol. The third kappa shape index (κ3) is 4.13. The fourth-order valence-electron chi connectivity index (χ4n) is 3.49. The Morgan fingerprint density at radius 1 is 0.962 bits per heavy atom. The summed E-state index contributed by atoms with van der Waals surface area (Å²) in [6.07, 6.45) is 1.41. The van der Waals surface area contributed by atoms with Gasteiger partial charge in [0, 0.05) is 30.3 Å². The number of hydrogen-bond donors (Lipinski definition) is 1. The number of hydrogen-bond acceptors (Lipinski definition) is 2. The molecule has 1 N–H and O–H groups in total. The van der Waals surface area contributed by atoms with Gasteiger partial charge in [0.25, 0.3) is 5.91 Å². The van der Waals surface area contributed by atoms with Crippen LogP contribution in [0, 0.1) is 26.7 Å². The van der Waals surface area contributed by atoms with Crippen LogP contribution in [-0.2, 0) is 4.79 Å². The highest BCUT2D eigenvalue weighted by Crippen LogP contribution is 2.23. The number of rotatable bonds is 3. The van der Waals surface area contributed by atoms with Crippen molar-refractivity contribution in [1.82, 2.24) is 4.90 Å². The van der Waals surface area contributed by atoms with E-state index in [9.17, 15) is 9.59 Å². The number of likely N-dealkylation sites (tertiary alicyclic amines) is 1. The molecule has 1 saturated heterocycles. The van der Waals surface area contributed by atoms with Gasteiger partial charge in [0.15, 0.2) is 0 Å². The highest BCUT2D eigenvalue weighted by molar-refractivity contribution is 5.95. The van der Waals surface area contributed by atoms with E-state index in [1.807, 2.05) is 62.1 Å². The number of carbonyl (C=O) groups is 2. The first-order chi connectivity index (χ1) is 12.4. The molecule has 0 spiro atoms. The summed E-state index contributed by atoms with van der Waals surface area (Å²) in [5, 5.41) is 3.05. The number of nitrogens with one attached hydrogen (secondary N) is 1. The summed E-state index contributed by atoms with van der Waals surface area (Å²) in [6, 6.07) is 13.7. The van der Waals surface area contributed by atoms with Gasteiger partial charge in [-0.05, 0) is 57.4 Å². The maximum atomic E-state index is 12.6. The van der Waals surface area contributed by atoms with Crippen LogP contribution in [0.5, 0.6) is 0 Å². The molecule has 1 aliphatic rings. The maximum absolute atomic E-state index is 12.6. The molecule has 2 aromatic carbocycles. The minimum absolute atomic E-state index is 0.0442. The average Bonchev–Trinajstić information content (AvgIpc) is 2.63. The third-order valence-corrected chi connectivity index (χ3v) is 5.06. The van der Waals surface area contributed by atoms with Gasteiger partial charge in [0.05, 0.1) is 0 Å². The average molecular weight is 350 g/mol. The van der Waals surface area contributed by atoms with Gasteiger partial charge in [-0.3, -0.25) is 9.59 Å². The predicted octanol–water partition coefficient (Wildman–Crippen LogP) is 4.10. The van der Waals surface area contributed by atoms with Crippen molar-refractivity contribution in [3.63, 3.8) is 0 Å². The Hall–Kier alpha value is -2.62. The summed E-state index contributed by atoms with van der Waals surface area (Å²) in [5.74, 6) is 0.0683. The van der Waals surface area contributed by atoms with Crippen molar-refractivity contribution in [1.29, 1.82) is 0 Å². The van der Waals surface area contributed by atoms with Crippen molar-refractivity contribution in [2.24, 2.45) is 5.92 Å². The second-order valence-corrected chi connectivity index (χ2v) is 7.24. The van der Waals surface area contributed by atoms with Crippen LogP contribution in [0.25, 0.3) is 0 Å². The smallest absolute Gasteiger partial charge is 0.253 e. The van der Waals surface area contributed by atoms with Crippen molar-refractivity contribution in [3.8, 4) is 0 Å². The molecule has 136 valence electrons. The monoisotopic (exact) mass is 350 g/mol. The van der Waals surface area contributed by atoms with E-state index in [1.54, 1.807) is 0 Å². The van der Waals surface area contributed by atoms with Gasteiger partial charge in [-0.25, -0.2) is 0 Å². The molecule has 0 atom stereocenters. The van der Waals surface area contributed by atoms with E-state index < -0.39 is 0 Å². The van der Waals surface area contributed by atoms with Crippen LogP contribution >= 0.6 is 0 Å². The maximum Gasteiger partial charge on any atom is 0.253 e. The van der Waals surface area contributed by atoms with Crippen molar-refractivity contribution in [3.05, 3.63) is 64.7 Å². The predicted molar refractivity (Wildman–Crippen MR) is 104 cm³/mol. The first-order valence-corrected chi connectivity index (χ1v) is 9.18. The lowest BCUT2D eigenvalue weighted by Gasteiger charge is -2.31. The lowest BCUT2D eigenvalue weighted by molar-refractivity contribution is -0.121. The van der Waals surface area contributed by atoms with E-state index in [4.69, 9.17) is 0 Å². The number of piperidine rings is 1. The molecule has 1 heterocycles. The molecule has 1 aliphatic heterocycles. The van der Waals surface area contributed by atoms with Crippen LogP contribution in [0.3, 0.4) is 0 Å². The first-order valence-electron chi connectivity index (χ1n) is 9.18. The number of benzene rings is 2. The zero-order chi connectivity index (χ0) is 18.7. The zero-order valence-corrected chi connectivity index (χ0v) is 15.7. The van der Waals surface area contributed by atoms with Gasteiger partial charge in [-0.1, -0.05) is 35.4 Å². The molecule has 26 heavy (non-hydrogen) atoms. The Morgan fingerprint density at radius 2 is 1.65 bits per heavy atom. The lowest BCUT2D eigenvalue weighted by Crippen LogP contribution is -2.41. The molecule has 3 rings (SSSR count). The number of nitrogens with zero attached hydrogens (tertiary/aromatic N) is 1. The molecule has 0 unspecified atom stereocenters. The zero-order valence-electron chi connectivity index (χ0n) is 15.7. The van der Waals surface area contributed by atoms with Crippen molar-refractivity contribution >= 4 is 17.5 Å². The van der Waals surface area contributed by atoms with Gasteiger partial charge < -0.3 is 10.2 Å². The summed E-state index contributed by atoms with van der Waals surface area (Å²) in [5.41, 5.74) is 4.94. The summed E-state index contributed by atoms with van der Waals surface area (Å²) >= 11 is 0. The minimum Gasteiger partial charge on any atom is -0.339 e. The van der Waals surface area contributed by atoms with Crippen molar-refractivity contribution in [2.75, 3.05) is 18.4 Å². The second kappa shape index (κ2) is 7.73. The SMILES string of the molecule is Cc1cccc(C(=O)N2CCC(C(=O)Nc3ccc(C)cc3C)CC2)c1. The molecule has 4 heteroatoms. The lowest BCUT2D eigenvalue weighted by atomic mass is 9.95. The summed E-state index contributed by atoms with van der Waals surface area (Å²) < 4.78 is 0. The number of anilines is 1. The molecule has 1 fully saturated rings. The van der Waals surface area contributed by atoms with E-state index >= 15 is 0 Å². The molecule has 0 aliphatic carbocycles. The Labute approximate surface area is 155 Å². The third-order valence-electron chi connectivity index (χ3n) is 5.06. The highest BCUT2D eigenvalue weighted by Gasteiger charge is 2.28. The summed E-state index contributed by atoms with van der Waals surface area (Å²) in [6.45, 7) is 7.28. The quantitative estimate of drug-likeness (QED) is 0.906. The van der Waals surface area contributed by atoms with E-state index in [0.717, 1.165) is 22.4 Å². The Balaban J connectivity index is 1.57. The topological polar surface area (TPSA) is 49.4 Å². The van der Waals surface area contributed by atoms with E-state index in [1.165, 1.54) is 5.56 Å². The molecule has 2 aromatic rings. The minimum atomic E-state index is -0.0442. The van der Waals surface area contributed by atoms with Crippen LogP contribution in [0.15, 0.2) is 42.5 Å². The molecule has 4 nitrogen and oxygen atoms in total. The molecule has 0 aromatic heterocycles. The molecule has 2 amide bonds. The van der Waals surface area contributed by atoms with Gasteiger partial charge in [-0.2, -0.15) is 0 Å². The summed E-state index contributed by atoms with van der Waals surface area (Å²) in [7, 11) is 0. The van der Waals surface area contributed by atoms with Crippen LogP contribution in [-0.4, -0.2) is 29.8 Å². The second-order valence-electron chi connectivity index (χ2n) is 7.24. The van der Waals surface area contributed by atoms with E-state index in [-0.39, 0.29) is 17.7 Å². The van der Waals surface area contributed by atoms with Crippen LogP contribution in [0.1, 0.15) is 39.9 Å². The number of aryl methyl sites for hydroxylation is 3. The normalized spacial score (nSPS) is 15.0. The molecule has 0 bridgehead atoms. The van der Waals surface area contributed by atoms with Crippen LogP contribution in [0.4, 0.5) is 5.69 Å². The fourth-order valence-corrected chi connectivity index (χ4v) is 3.49. The van der Waals surface area contributed by atoms with Crippen LogP contribution < -0.4 is 5.32 Å².